The number of phenolic OH excluding ortho intramolecular Hbond substituents is 1. The number of benzene rings is 1. The van der Waals surface area contributed by atoms with Gasteiger partial charge in [-0.15, -0.1) is 0 Å². The van der Waals surface area contributed by atoms with E-state index >= 15 is 0 Å². The predicted octanol–water partition coefficient (Wildman–Crippen LogP) is 2.87. The maximum Gasteiger partial charge on any atom is 0.160 e. The van der Waals surface area contributed by atoms with Crippen molar-refractivity contribution in [1.29, 1.82) is 0 Å². The first-order valence-corrected chi connectivity index (χ1v) is 7.19. The molecule has 1 saturated carbocycles. The minimum atomic E-state index is 0.183. The maximum atomic E-state index is 9.62. The second-order valence-electron chi connectivity index (χ2n) is 5.78. The molecule has 1 unspecified atom stereocenters. The third-order valence-corrected chi connectivity index (χ3v) is 4.28. The molecule has 4 nitrogen and oxygen atoms in total. The Morgan fingerprint density at radius 2 is 2.10 bits per heavy atom. The smallest absolute Gasteiger partial charge is 0.160 e. The molecule has 2 rings (SSSR count). The maximum absolute atomic E-state index is 9.62. The molecule has 0 heterocycles. The minimum absolute atomic E-state index is 0.183. The number of hydrogen-bond donors (Lipinski definition) is 2. The van der Waals surface area contributed by atoms with E-state index < -0.39 is 0 Å². The number of methoxy groups -OCH3 is 2. The van der Waals surface area contributed by atoms with Crippen LogP contribution in [0.4, 0.5) is 0 Å². The van der Waals surface area contributed by atoms with E-state index in [-0.39, 0.29) is 11.8 Å². The van der Waals surface area contributed by atoms with Gasteiger partial charge >= 0.3 is 0 Å². The fourth-order valence-corrected chi connectivity index (χ4v) is 2.46. The highest BCUT2D eigenvalue weighted by atomic mass is 16.5. The fraction of sp³-hybridized carbons (Fsp3) is 0.625. The Morgan fingerprint density at radius 3 is 2.70 bits per heavy atom. The molecule has 1 aromatic carbocycles. The van der Waals surface area contributed by atoms with Gasteiger partial charge in [-0.25, -0.2) is 0 Å². The lowest BCUT2D eigenvalue weighted by Gasteiger charge is -2.20. The van der Waals surface area contributed by atoms with Gasteiger partial charge in [-0.05, 0) is 49.3 Å². The Hall–Kier alpha value is -1.26. The van der Waals surface area contributed by atoms with Crippen LogP contribution in [0.1, 0.15) is 37.8 Å². The molecule has 0 bridgehead atoms. The molecule has 2 N–H and O–H groups in total. The summed E-state index contributed by atoms with van der Waals surface area (Å²) in [6.45, 7) is 3.99. The van der Waals surface area contributed by atoms with Gasteiger partial charge in [-0.2, -0.15) is 0 Å². The summed E-state index contributed by atoms with van der Waals surface area (Å²) >= 11 is 0. The molecule has 1 atom stereocenters. The Bertz CT molecular complexity index is 443. The van der Waals surface area contributed by atoms with Crippen LogP contribution in [0, 0.1) is 5.41 Å². The van der Waals surface area contributed by atoms with Crippen molar-refractivity contribution in [2.24, 2.45) is 5.41 Å². The molecule has 1 fully saturated rings. The van der Waals surface area contributed by atoms with E-state index in [1.807, 2.05) is 12.1 Å². The van der Waals surface area contributed by atoms with Crippen LogP contribution in [0.5, 0.6) is 11.5 Å². The largest absolute Gasteiger partial charge is 0.504 e. The van der Waals surface area contributed by atoms with Crippen LogP contribution in [0.15, 0.2) is 18.2 Å². The molecule has 112 valence electrons. The van der Waals surface area contributed by atoms with Crippen LogP contribution < -0.4 is 10.1 Å². The minimum Gasteiger partial charge on any atom is -0.504 e. The van der Waals surface area contributed by atoms with E-state index in [1.165, 1.54) is 12.8 Å². The third kappa shape index (κ3) is 3.64. The van der Waals surface area contributed by atoms with Gasteiger partial charge in [0.1, 0.15) is 0 Å². The first kappa shape index (κ1) is 15.1. The van der Waals surface area contributed by atoms with Crippen molar-refractivity contribution in [2.75, 3.05) is 27.4 Å². The molecule has 0 radical (unpaired) electrons. The van der Waals surface area contributed by atoms with Crippen LogP contribution in [-0.2, 0) is 4.74 Å². The number of ether oxygens (including phenoxy) is 2. The molecule has 4 heteroatoms. The lowest BCUT2D eigenvalue weighted by Crippen LogP contribution is -2.27. The quantitative estimate of drug-likeness (QED) is 0.768. The first-order valence-electron chi connectivity index (χ1n) is 7.19. The lowest BCUT2D eigenvalue weighted by molar-refractivity contribution is 0.170. The number of aromatic hydroxyl groups is 1. The van der Waals surface area contributed by atoms with E-state index in [1.54, 1.807) is 20.3 Å². The fourth-order valence-electron chi connectivity index (χ4n) is 2.46. The normalized spacial score (nSPS) is 17.8. The zero-order valence-electron chi connectivity index (χ0n) is 12.6. The second-order valence-corrected chi connectivity index (χ2v) is 5.78. The third-order valence-electron chi connectivity index (χ3n) is 4.28. The summed E-state index contributed by atoms with van der Waals surface area (Å²) in [6.07, 6.45) is 3.70. The average molecular weight is 279 g/mol. The topological polar surface area (TPSA) is 50.7 Å². The summed E-state index contributed by atoms with van der Waals surface area (Å²) in [5.41, 5.74) is 1.56. The van der Waals surface area contributed by atoms with Gasteiger partial charge in [0.05, 0.1) is 7.11 Å². The standard InChI is InChI=1S/C16H25NO3/c1-12(13-4-5-14(18)15(10-13)20-3)17-11-16(6-7-16)8-9-19-2/h4-5,10,12,17-18H,6-9,11H2,1-3H3. The first-order chi connectivity index (χ1) is 9.60. The molecule has 1 aliphatic carbocycles. The highest BCUT2D eigenvalue weighted by Crippen LogP contribution is 2.48. The van der Waals surface area contributed by atoms with Crippen molar-refractivity contribution in [1.82, 2.24) is 5.32 Å². The van der Waals surface area contributed by atoms with Gasteiger partial charge in [0, 0.05) is 26.3 Å². The zero-order valence-corrected chi connectivity index (χ0v) is 12.6. The van der Waals surface area contributed by atoms with Gasteiger partial charge < -0.3 is 19.9 Å². The number of phenols is 1. The van der Waals surface area contributed by atoms with E-state index in [0.717, 1.165) is 25.1 Å². The van der Waals surface area contributed by atoms with E-state index in [2.05, 4.69) is 12.2 Å². The Labute approximate surface area is 121 Å². The molecule has 0 aromatic heterocycles. The van der Waals surface area contributed by atoms with Gasteiger partial charge in [-0.1, -0.05) is 6.07 Å². The van der Waals surface area contributed by atoms with Crippen LogP contribution in [0.25, 0.3) is 0 Å². The predicted molar refractivity (Wildman–Crippen MR) is 79.2 cm³/mol. The summed E-state index contributed by atoms with van der Waals surface area (Å²) in [4.78, 5) is 0. The Kier molecular flexibility index (Phi) is 4.89. The molecule has 0 saturated heterocycles. The van der Waals surface area contributed by atoms with Gasteiger partial charge in [0.2, 0.25) is 0 Å². The summed E-state index contributed by atoms with van der Waals surface area (Å²) in [7, 11) is 3.33. The molecule has 0 spiro atoms. The summed E-state index contributed by atoms with van der Waals surface area (Å²) in [5, 5.41) is 13.2. The summed E-state index contributed by atoms with van der Waals surface area (Å²) in [5.74, 6) is 0.707. The monoisotopic (exact) mass is 279 g/mol. The Morgan fingerprint density at radius 1 is 1.35 bits per heavy atom. The van der Waals surface area contributed by atoms with Crippen LogP contribution >= 0.6 is 0 Å². The van der Waals surface area contributed by atoms with E-state index in [4.69, 9.17) is 9.47 Å². The number of hydrogen-bond acceptors (Lipinski definition) is 4. The van der Waals surface area contributed by atoms with Crippen molar-refractivity contribution >= 4 is 0 Å². The second kappa shape index (κ2) is 6.46. The van der Waals surface area contributed by atoms with Gasteiger partial charge in [0.25, 0.3) is 0 Å². The number of nitrogens with one attached hydrogen (secondary N) is 1. The van der Waals surface area contributed by atoms with Crippen molar-refractivity contribution in [3.8, 4) is 11.5 Å². The average Bonchev–Trinajstić information content (AvgIpc) is 3.23. The molecule has 0 amide bonds. The highest BCUT2D eigenvalue weighted by Gasteiger charge is 2.41. The van der Waals surface area contributed by atoms with Crippen molar-refractivity contribution < 1.29 is 14.6 Å². The Balaban J connectivity index is 1.90. The molecule has 1 aliphatic rings. The zero-order chi connectivity index (χ0) is 14.6. The lowest BCUT2D eigenvalue weighted by atomic mass is 10.0. The summed E-state index contributed by atoms with van der Waals surface area (Å²) in [6, 6.07) is 5.75. The van der Waals surface area contributed by atoms with Crippen LogP contribution in [0.3, 0.4) is 0 Å². The molecule has 0 aliphatic heterocycles. The molecule has 20 heavy (non-hydrogen) atoms. The molecule has 1 aromatic rings. The molecular weight excluding hydrogens is 254 g/mol. The van der Waals surface area contributed by atoms with E-state index in [9.17, 15) is 5.11 Å². The van der Waals surface area contributed by atoms with Crippen molar-refractivity contribution in [2.45, 2.75) is 32.2 Å². The van der Waals surface area contributed by atoms with Crippen molar-refractivity contribution in [3.05, 3.63) is 23.8 Å². The van der Waals surface area contributed by atoms with Gasteiger partial charge in [0.15, 0.2) is 11.5 Å². The van der Waals surface area contributed by atoms with Crippen molar-refractivity contribution in [3.63, 3.8) is 0 Å². The SMILES string of the molecule is COCCC1(CNC(C)c2ccc(O)c(OC)c2)CC1. The highest BCUT2D eigenvalue weighted by molar-refractivity contribution is 5.42. The number of rotatable bonds is 8. The molecular formula is C16H25NO3. The van der Waals surface area contributed by atoms with Gasteiger partial charge in [-0.3, -0.25) is 0 Å². The van der Waals surface area contributed by atoms with Crippen LogP contribution in [-0.4, -0.2) is 32.5 Å². The summed E-state index contributed by atoms with van der Waals surface area (Å²) < 4.78 is 10.3. The van der Waals surface area contributed by atoms with E-state index in [0.29, 0.717) is 11.2 Å². The van der Waals surface area contributed by atoms with Crippen LogP contribution in [0.2, 0.25) is 0 Å².